The maximum Gasteiger partial charge on any atom is 0.255 e. The Kier molecular flexibility index (Phi) is 5.50. The highest BCUT2D eigenvalue weighted by Gasteiger charge is 2.18. The summed E-state index contributed by atoms with van der Waals surface area (Å²) in [6.45, 7) is 2.56. The van der Waals surface area contributed by atoms with Crippen molar-refractivity contribution >= 4 is 46.6 Å². The molecule has 1 heterocycles. The molecule has 2 aromatic carbocycles. The maximum atomic E-state index is 12.6. The third-order valence-electron chi connectivity index (χ3n) is 3.53. The fourth-order valence-electron chi connectivity index (χ4n) is 2.36. The summed E-state index contributed by atoms with van der Waals surface area (Å²) in [4.78, 5) is 25.1. The maximum absolute atomic E-state index is 12.6. The molecule has 0 saturated heterocycles. The summed E-state index contributed by atoms with van der Waals surface area (Å²) in [5.41, 5.74) is 1.62. The van der Waals surface area contributed by atoms with E-state index in [1.54, 1.807) is 30.3 Å². The number of benzene rings is 2. The molecule has 1 aliphatic rings. The third-order valence-corrected chi connectivity index (χ3v) is 4.83. The van der Waals surface area contributed by atoms with Gasteiger partial charge in [0, 0.05) is 15.5 Å². The van der Waals surface area contributed by atoms with Crippen molar-refractivity contribution in [1.29, 1.82) is 0 Å². The number of carbonyl (C=O) groups excluding carboxylic acids is 2. The number of hydrogen-bond donors (Lipinski definition) is 2. The second kappa shape index (κ2) is 7.80. The second-order valence-electron chi connectivity index (χ2n) is 5.49. The van der Waals surface area contributed by atoms with Crippen molar-refractivity contribution in [2.75, 3.05) is 23.0 Å². The van der Waals surface area contributed by atoms with Crippen LogP contribution in [-0.4, -0.2) is 24.2 Å². The molecule has 2 amide bonds. The van der Waals surface area contributed by atoms with Crippen molar-refractivity contribution < 1.29 is 14.3 Å². The normalized spacial score (nSPS) is 13.0. The van der Waals surface area contributed by atoms with Crippen LogP contribution < -0.4 is 15.4 Å². The van der Waals surface area contributed by atoms with Crippen molar-refractivity contribution in [3.8, 4) is 5.75 Å². The summed E-state index contributed by atoms with van der Waals surface area (Å²) in [6.07, 6.45) is 0.859. The zero-order chi connectivity index (χ0) is 17.8. The number of amides is 2. The lowest BCUT2D eigenvalue weighted by molar-refractivity contribution is -0.113. The van der Waals surface area contributed by atoms with E-state index >= 15 is 0 Å². The van der Waals surface area contributed by atoms with E-state index in [1.165, 1.54) is 11.8 Å². The van der Waals surface area contributed by atoms with Gasteiger partial charge in [0.2, 0.25) is 5.91 Å². The molecule has 0 radical (unpaired) electrons. The minimum atomic E-state index is -0.295. The zero-order valence-electron chi connectivity index (χ0n) is 13.6. The number of hydrogen-bond acceptors (Lipinski definition) is 4. The molecule has 130 valence electrons. The Morgan fingerprint density at radius 1 is 1.32 bits per heavy atom. The van der Waals surface area contributed by atoms with Gasteiger partial charge in [-0.2, -0.15) is 0 Å². The van der Waals surface area contributed by atoms with Gasteiger partial charge >= 0.3 is 0 Å². The number of nitrogens with one attached hydrogen (secondary N) is 2. The number of anilines is 2. The molecule has 25 heavy (non-hydrogen) atoms. The topological polar surface area (TPSA) is 67.4 Å². The first-order valence-electron chi connectivity index (χ1n) is 7.87. The molecule has 0 spiro atoms. The van der Waals surface area contributed by atoms with Crippen LogP contribution in [0.25, 0.3) is 0 Å². The van der Waals surface area contributed by atoms with Crippen molar-refractivity contribution in [3.05, 3.63) is 47.0 Å². The average Bonchev–Trinajstić information content (AvgIpc) is 2.60. The van der Waals surface area contributed by atoms with Crippen LogP contribution in [0.5, 0.6) is 5.75 Å². The Hall–Kier alpha value is -2.18. The van der Waals surface area contributed by atoms with Crippen LogP contribution in [-0.2, 0) is 4.79 Å². The largest absolute Gasteiger partial charge is 0.491 e. The van der Waals surface area contributed by atoms with E-state index in [0.29, 0.717) is 40.1 Å². The van der Waals surface area contributed by atoms with Crippen molar-refractivity contribution in [1.82, 2.24) is 0 Å². The van der Waals surface area contributed by atoms with Gasteiger partial charge in [0.25, 0.3) is 5.91 Å². The van der Waals surface area contributed by atoms with Crippen LogP contribution in [0.3, 0.4) is 0 Å². The van der Waals surface area contributed by atoms with Gasteiger partial charge in [-0.3, -0.25) is 9.59 Å². The van der Waals surface area contributed by atoms with E-state index in [2.05, 4.69) is 10.6 Å². The van der Waals surface area contributed by atoms with E-state index in [-0.39, 0.29) is 11.8 Å². The number of ether oxygens (including phenoxy) is 1. The molecule has 1 aliphatic heterocycles. The summed E-state index contributed by atoms with van der Waals surface area (Å²) < 4.78 is 5.65. The first-order chi connectivity index (χ1) is 12.1. The van der Waals surface area contributed by atoms with Crippen molar-refractivity contribution in [2.24, 2.45) is 0 Å². The van der Waals surface area contributed by atoms with Gasteiger partial charge in [-0.1, -0.05) is 18.5 Å². The van der Waals surface area contributed by atoms with Gasteiger partial charge in [0.15, 0.2) is 0 Å². The summed E-state index contributed by atoms with van der Waals surface area (Å²) in [7, 11) is 0. The molecule has 7 heteroatoms. The Bertz CT molecular complexity index is 826. The highest BCUT2D eigenvalue weighted by molar-refractivity contribution is 8.00. The Morgan fingerprint density at radius 3 is 2.96 bits per heavy atom. The molecule has 0 saturated carbocycles. The fourth-order valence-corrected chi connectivity index (χ4v) is 3.32. The van der Waals surface area contributed by atoms with Crippen LogP contribution in [0.4, 0.5) is 11.4 Å². The van der Waals surface area contributed by atoms with E-state index in [4.69, 9.17) is 16.3 Å². The summed E-state index contributed by atoms with van der Waals surface area (Å²) in [5, 5.41) is 6.12. The Labute approximate surface area is 155 Å². The highest BCUT2D eigenvalue weighted by atomic mass is 35.5. The summed E-state index contributed by atoms with van der Waals surface area (Å²) in [6, 6.07) is 10.3. The molecule has 2 aromatic rings. The van der Waals surface area contributed by atoms with E-state index < -0.39 is 0 Å². The highest BCUT2D eigenvalue weighted by Crippen LogP contribution is 2.33. The van der Waals surface area contributed by atoms with E-state index in [1.807, 2.05) is 13.0 Å². The quantitative estimate of drug-likeness (QED) is 0.810. The standard InChI is InChI=1S/C18H17ClN2O3S/c1-2-7-24-15-5-4-12(19)9-13(15)21-18(23)11-3-6-16-14(8-11)20-17(22)10-25-16/h3-6,8-9H,2,7,10H2,1H3,(H,20,22)(H,21,23). The SMILES string of the molecule is CCCOc1ccc(Cl)cc1NC(=O)c1ccc2c(c1)NC(=O)CS2. The first kappa shape index (κ1) is 17.6. The monoisotopic (exact) mass is 376 g/mol. The first-order valence-corrected chi connectivity index (χ1v) is 9.23. The van der Waals surface area contributed by atoms with Gasteiger partial charge in [-0.25, -0.2) is 0 Å². The van der Waals surface area contributed by atoms with Gasteiger partial charge in [-0.15, -0.1) is 11.8 Å². The number of halogens is 1. The molecule has 5 nitrogen and oxygen atoms in total. The predicted molar refractivity (Wildman–Crippen MR) is 101 cm³/mol. The lowest BCUT2D eigenvalue weighted by Gasteiger charge is -2.17. The van der Waals surface area contributed by atoms with Gasteiger partial charge in [0.05, 0.1) is 23.7 Å². The van der Waals surface area contributed by atoms with Crippen LogP contribution >= 0.6 is 23.4 Å². The number of thioether (sulfide) groups is 1. The Balaban J connectivity index is 1.82. The molecule has 0 aromatic heterocycles. The van der Waals surface area contributed by atoms with Crippen LogP contribution in [0.2, 0.25) is 5.02 Å². The molecule has 0 aliphatic carbocycles. The Morgan fingerprint density at radius 2 is 2.16 bits per heavy atom. The summed E-state index contributed by atoms with van der Waals surface area (Å²) >= 11 is 7.49. The summed E-state index contributed by atoms with van der Waals surface area (Å²) in [5.74, 6) is 0.594. The number of carbonyl (C=O) groups is 2. The lowest BCUT2D eigenvalue weighted by atomic mass is 10.1. The van der Waals surface area contributed by atoms with E-state index in [0.717, 1.165) is 11.3 Å². The number of rotatable bonds is 5. The molecule has 2 N–H and O–H groups in total. The molecule has 0 atom stereocenters. The minimum Gasteiger partial charge on any atom is -0.491 e. The average molecular weight is 377 g/mol. The van der Waals surface area contributed by atoms with Crippen LogP contribution in [0.1, 0.15) is 23.7 Å². The second-order valence-corrected chi connectivity index (χ2v) is 6.94. The predicted octanol–water partition coefficient (Wildman–Crippen LogP) is 4.43. The molecule has 0 unspecified atom stereocenters. The number of fused-ring (bicyclic) bond motifs is 1. The van der Waals surface area contributed by atoms with Crippen LogP contribution in [0, 0.1) is 0 Å². The lowest BCUT2D eigenvalue weighted by Crippen LogP contribution is -2.20. The molecule has 0 fully saturated rings. The molecular formula is C18H17ClN2O3S. The van der Waals surface area contributed by atoms with Crippen molar-refractivity contribution in [3.63, 3.8) is 0 Å². The van der Waals surface area contributed by atoms with Crippen LogP contribution in [0.15, 0.2) is 41.3 Å². The molecule has 0 bridgehead atoms. The van der Waals surface area contributed by atoms with Crippen molar-refractivity contribution in [2.45, 2.75) is 18.2 Å². The van der Waals surface area contributed by atoms with Gasteiger partial charge in [0.1, 0.15) is 5.75 Å². The van der Waals surface area contributed by atoms with E-state index in [9.17, 15) is 9.59 Å². The minimum absolute atomic E-state index is 0.0693. The van der Waals surface area contributed by atoms with Gasteiger partial charge < -0.3 is 15.4 Å². The third kappa shape index (κ3) is 4.27. The molecule has 3 rings (SSSR count). The van der Waals surface area contributed by atoms with Gasteiger partial charge in [-0.05, 0) is 42.8 Å². The molecular weight excluding hydrogens is 360 g/mol. The smallest absolute Gasteiger partial charge is 0.255 e. The fraction of sp³-hybridized carbons (Fsp3) is 0.222. The zero-order valence-corrected chi connectivity index (χ0v) is 15.2.